The number of anilines is 1. The third-order valence-electron chi connectivity index (χ3n) is 3.71. The summed E-state index contributed by atoms with van der Waals surface area (Å²) >= 11 is 0. The third-order valence-corrected chi connectivity index (χ3v) is 3.71. The number of carbonyl (C=O) groups excluding carboxylic acids is 1. The molecule has 2 N–H and O–H groups in total. The molecule has 4 heteroatoms. The Morgan fingerprint density at radius 2 is 2.39 bits per heavy atom. The summed E-state index contributed by atoms with van der Waals surface area (Å²) in [6.45, 7) is 3.69. The van der Waals surface area contributed by atoms with Crippen LogP contribution in [0.2, 0.25) is 0 Å². The zero-order valence-electron chi connectivity index (χ0n) is 10.6. The van der Waals surface area contributed by atoms with Gasteiger partial charge in [0.1, 0.15) is 5.82 Å². The maximum Gasteiger partial charge on any atom is 0.231 e. The van der Waals surface area contributed by atoms with E-state index in [0.717, 1.165) is 25.8 Å². The van der Waals surface area contributed by atoms with Crippen molar-refractivity contribution in [1.82, 2.24) is 5.32 Å². The first kappa shape index (κ1) is 13.0. The predicted molar refractivity (Wildman–Crippen MR) is 69.9 cm³/mol. The minimum Gasteiger partial charge on any atom is -0.325 e. The van der Waals surface area contributed by atoms with Crippen molar-refractivity contribution in [3.63, 3.8) is 0 Å². The molecule has 1 saturated heterocycles. The second-order valence-corrected chi connectivity index (χ2v) is 4.88. The summed E-state index contributed by atoms with van der Waals surface area (Å²) in [5.41, 5.74) is 0.170. The quantitative estimate of drug-likeness (QED) is 0.865. The highest BCUT2D eigenvalue weighted by molar-refractivity contribution is 5.95. The van der Waals surface area contributed by atoms with E-state index in [1.807, 2.05) is 6.92 Å². The Balaban J connectivity index is 2.10. The zero-order valence-corrected chi connectivity index (χ0v) is 10.6. The van der Waals surface area contributed by atoms with Gasteiger partial charge in [-0.2, -0.15) is 0 Å². The minimum atomic E-state index is -0.357. The number of hydrogen-bond donors (Lipinski definition) is 2. The molecule has 0 spiro atoms. The van der Waals surface area contributed by atoms with Crippen LogP contribution in [-0.2, 0) is 4.79 Å². The van der Waals surface area contributed by atoms with Crippen LogP contribution in [0.4, 0.5) is 10.1 Å². The van der Waals surface area contributed by atoms with E-state index in [0.29, 0.717) is 12.2 Å². The molecule has 1 fully saturated rings. The molecule has 1 aromatic rings. The summed E-state index contributed by atoms with van der Waals surface area (Å²) in [6.07, 6.45) is 2.68. The van der Waals surface area contributed by atoms with Crippen LogP contribution in [0.3, 0.4) is 0 Å². The lowest BCUT2D eigenvalue weighted by Gasteiger charge is -2.35. The van der Waals surface area contributed by atoms with Crippen molar-refractivity contribution in [3.8, 4) is 0 Å². The van der Waals surface area contributed by atoms with Crippen molar-refractivity contribution in [2.45, 2.75) is 26.2 Å². The Bertz CT molecular complexity index is 428. The average molecular weight is 250 g/mol. The Kier molecular flexibility index (Phi) is 3.97. The van der Waals surface area contributed by atoms with Crippen molar-refractivity contribution in [2.24, 2.45) is 5.41 Å². The van der Waals surface area contributed by atoms with Crippen LogP contribution in [0.25, 0.3) is 0 Å². The van der Waals surface area contributed by atoms with E-state index in [-0.39, 0.29) is 17.1 Å². The first-order valence-corrected chi connectivity index (χ1v) is 6.44. The molecule has 1 aromatic carbocycles. The van der Waals surface area contributed by atoms with Gasteiger partial charge >= 0.3 is 0 Å². The molecule has 1 unspecified atom stereocenters. The van der Waals surface area contributed by atoms with Crippen LogP contribution in [0.1, 0.15) is 26.2 Å². The van der Waals surface area contributed by atoms with E-state index < -0.39 is 0 Å². The number of carbonyl (C=O) groups is 1. The number of nitrogens with one attached hydrogen (secondary N) is 2. The number of halogens is 1. The molecule has 0 aliphatic carbocycles. The molecular weight excluding hydrogens is 231 g/mol. The van der Waals surface area contributed by atoms with E-state index in [1.54, 1.807) is 12.1 Å². The van der Waals surface area contributed by atoms with Crippen LogP contribution >= 0.6 is 0 Å². The molecule has 98 valence electrons. The molecule has 2 rings (SSSR count). The Hall–Kier alpha value is -1.42. The Morgan fingerprint density at radius 1 is 1.56 bits per heavy atom. The number of amides is 1. The van der Waals surface area contributed by atoms with Gasteiger partial charge in [-0.3, -0.25) is 4.79 Å². The van der Waals surface area contributed by atoms with Gasteiger partial charge in [0.2, 0.25) is 5.91 Å². The predicted octanol–water partition coefficient (Wildman–Crippen LogP) is 2.54. The van der Waals surface area contributed by atoms with Gasteiger partial charge in [0.25, 0.3) is 0 Å². The number of rotatable bonds is 3. The second kappa shape index (κ2) is 5.48. The molecule has 1 heterocycles. The van der Waals surface area contributed by atoms with Gasteiger partial charge in [0.15, 0.2) is 0 Å². The van der Waals surface area contributed by atoms with Gasteiger partial charge in [-0.15, -0.1) is 0 Å². The third kappa shape index (κ3) is 2.70. The highest BCUT2D eigenvalue weighted by Gasteiger charge is 2.37. The summed E-state index contributed by atoms with van der Waals surface area (Å²) in [4.78, 5) is 12.4. The van der Waals surface area contributed by atoms with Crippen LogP contribution in [0.15, 0.2) is 24.3 Å². The van der Waals surface area contributed by atoms with Gasteiger partial charge in [-0.1, -0.05) is 13.0 Å². The fraction of sp³-hybridized carbons (Fsp3) is 0.500. The lowest BCUT2D eigenvalue weighted by Crippen LogP contribution is -2.47. The molecule has 3 nitrogen and oxygen atoms in total. The molecule has 0 aromatic heterocycles. The molecular formula is C14H19FN2O. The summed E-state index contributed by atoms with van der Waals surface area (Å²) in [5, 5.41) is 6.10. The topological polar surface area (TPSA) is 41.1 Å². The summed E-state index contributed by atoms with van der Waals surface area (Å²) in [6, 6.07) is 6.02. The normalized spacial score (nSPS) is 23.7. The maximum atomic E-state index is 13.1. The van der Waals surface area contributed by atoms with Crippen molar-refractivity contribution in [1.29, 1.82) is 0 Å². The van der Waals surface area contributed by atoms with Crippen LogP contribution in [-0.4, -0.2) is 19.0 Å². The average Bonchev–Trinajstić information content (AvgIpc) is 2.39. The second-order valence-electron chi connectivity index (χ2n) is 4.88. The maximum absolute atomic E-state index is 13.1. The fourth-order valence-corrected chi connectivity index (χ4v) is 2.45. The fourth-order valence-electron chi connectivity index (χ4n) is 2.45. The molecule has 1 aliphatic heterocycles. The number of hydrogen-bond acceptors (Lipinski definition) is 2. The van der Waals surface area contributed by atoms with Crippen molar-refractivity contribution >= 4 is 11.6 Å². The van der Waals surface area contributed by atoms with Gasteiger partial charge < -0.3 is 10.6 Å². The largest absolute Gasteiger partial charge is 0.325 e. The Labute approximate surface area is 107 Å². The van der Waals surface area contributed by atoms with E-state index in [1.165, 1.54) is 12.1 Å². The molecule has 0 bridgehead atoms. The summed E-state index contributed by atoms with van der Waals surface area (Å²) in [5.74, 6) is -0.345. The molecule has 1 atom stereocenters. The van der Waals surface area contributed by atoms with Crippen LogP contribution in [0, 0.1) is 11.2 Å². The molecule has 0 radical (unpaired) electrons. The summed E-state index contributed by atoms with van der Waals surface area (Å²) in [7, 11) is 0. The lowest BCUT2D eigenvalue weighted by atomic mass is 9.77. The first-order chi connectivity index (χ1) is 8.66. The first-order valence-electron chi connectivity index (χ1n) is 6.44. The molecule has 18 heavy (non-hydrogen) atoms. The SMILES string of the molecule is CCC1(C(=O)Nc2cccc(F)c2)CCCNC1. The Morgan fingerprint density at radius 3 is 3.00 bits per heavy atom. The monoisotopic (exact) mass is 250 g/mol. The van der Waals surface area contributed by atoms with E-state index >= 15 is 0 Å². The van der Waals surface area contributed by atoms with Gasteiger partial charge in [-0.05, 0) is 44.0 Å². The standard InChI is InChI=1S/C14H19FN2O/c1-2-14(7-4-8-16-10-14)13(18)17-12-6-3-5-11(15)9-12/h3,5-6,9,16H,2,4,7-8,10H2,1H3,(H,17,18). The van der Waals surface area contributed by atoms with Crippen molar-refractivity contribution in [3.05, 3.63) is 30.1 Å². The van der Waals surface area contributed by atoms with E-state index in [4.69, 9.17) is 0 Å². The van der Waals surface area contributed by atoms with E-state index in [2.05, 4.69) is 10.6 Å². The molecule has 1 amide bonds. The smallest absolute Gasteiger partial charge is 0.231 e. The summed E-state index contributed by atoms with van der Waals surface area (Å²) < 4.78 is 13.1. The van der Waals surface area contributed by atoms with Crippen molar-refractivity contribution in [2.75, 3.05) is 18.4 Å². The highest BCUT2D eigenvalue weighted by atomic mass is 19.1. The van der Waals surface area contributed by atoms with Crippen LogP contribution in [0.5, 0.6) is 0 Å². The minimum absolute atomic E-state index is 0.0113. The van der Waals surface area contributed by atoms with Crippen LogP contribution < -0.4 is 10.6 Å². The van der Waals surface area contributed by atoms with Crippen molar-refractivity contribution < 1.29 is 9.18 Å². The van der Waals surface area contributed by atoms with E-state index in [9.17, 15) is 9.18 Å². The zero-order chi connectivity index (χ0) is 13.0. The van der Waals surface area contributed by atoms with Gasteiger partial charge in [0.05, 0.1) is 5.41 Å². The number of benzene rings is 1. The van der Waals surface area contributed by atoms with Gasteiger partial charge in [0, 0.05) is 12.2 Å². The molecule has 0 saturated carbocycles. The van der Waals surface area contributed by atoms with Gasteiger partial charge in [-0.25, -0.2) is 4.39 Å². The molecule has 1 aliphatic rings. The number of piperidine rings is 1. The highest BCUT2D eigenvalue weighted by Crippen LogP contribution is 2.31. The lowest BCUT2D eigenvalue weighted by molar-refractivity contribution is -0.126.